The molecule has 0 spiro atoms. The Hall–Kier alpha value is -3.91. The van der Waals surface area contributed by atoms with Crippen molar-refractivity contribution in [3.63, 3.8) is 0 Å². The molecular formula is C27H23ClF2N2O4. The van der Waals surface area contributed by atoms with Crippen molar-refractivity contribution >= 4 is 40.4 Å². The molecule has 3 aromatic rings. The van der Waals surface area contributed by atoms with Gasteiger partial charge < -0.3 is 14.7 Å². The molecule has 6 nitrogen and oxygen atoms in total. The van der Waals surface area contributed by atoms with E-state index in [1.54, 1.807) is 37.3 Å². The number of ketones is 1. The van der Waals surface area contributed by atoms with E-state index in [2.05, 4.69) is 0 Å². The van der Waals surface area contributed by atoms with E-state index in [-0.39, 0.29) is 21.8 Å². The molecule has 1 aliphatic rings. The quantitative estimate of drug-likeness (QED) is 0.260. The highest BCUT2D eigenvalue weighted by molar-refractivity contribution is 6.52. The van der Waals surface area contributed by atoms with Gasteiger partial charge in [-0.25, -0.2) is 8.78 Å². The molecule has 1 aliphatic heterocycles. The lowest BCUT2D eigenvalue weighted by Crippen LogP contribution is -2.29. The summed E-state index contributed by atoms with van der Waals surface area (Å²) in [7, 11) is 3.71. The van der Waals surface area contributed by atoms with Crippen molar-refractivity contribution in [3.8, 4) is 5.75 Å². The number of anilines is 2. The van der Waals surface area contributed by atoms with Gasteiger partial charge in [0.2, 0.25) is 0 Å². The van der Waals surface area contributed by atoms with Gasteiger partial charge in [-0.3, -0.25) is 14.5 Å². The molecule has 0 aromatic heterocycles. The van der Waals surface area contributed by atoms with Crippen molar-refractivity contribution in [2.24, 2.45) is 0 Å². The number of hydrogen-bond donors (Lipinski definition) is 1. The highest BCUT2D eigenvalue weighted by Gasteiger charge is 2.47. The van der Waals surface area contributed by atoms with E-state index in [0.29, 0.717) is 17.9 Å². The van der Waals surface area contributed by atoms with Gasteiger partial charge in [0.1, 0.15) is 11.5 Å². The molecule has 36 heavy (non-hydrogen) atoms. The van der Waals surface area contributed by atoms with Crippen molar-refractivity contribution in [1.82, 2.24) is 0 Å². The first-order valence-electron chi connectivity index (χ1n) is 11.1. The van der Waals surface area contributed by atoms with E-state index in [9.17, 15) is 23.5 Å². The molecule has 186 valence electrons. The number of ether oxygens (including phenoxy) is 1. The minimum atomic E-state index is -1.18. The van der Waals surface area contributed by atoms with Gasteiger partial charge in [0.25, 0.3) is 11.7 Å². The number of rotatable bonds is 6. The van der Waals surface area contributed by atoms with Gasteiger partial charge in [0, 0.05) is 37.1 Å². The highest BCUT2D eigenvalue weighted by Crippen LogP contribution is 2.43. The van der Waals surface area contributed by atoms with Crippen molar-refractivity contribution in [1.29, 1.82) is 0 Å². The van der Waals surface area contributed by atoms with Crippen LogP contribution in [-0.2, 0) is 9.59 Å². The van der Waals surface area contributed by atoms with E-state index >= 15 is 0 Å². The minimum absolute atomic E-state index is 0.0362. The summed E-state index contributed by atoms with van der Waals surface area (Å²) in [5, 5.41) is 11.5. The smallest absolute Gasteiger partial charge is 0.300 e. The number of nitrogens with zero attached hydrogens (tertiary/aromatic N) is 2. The molecule has 1 heterocycles. The topological polar surface area (TPSA) is 70.1 Å². The Balaban J connectivity index is 1.95. The Morgan fingerprint density at radius 3 is 2.33 bits per heavy atom. The predicted molar refractivity (Wildman–Crippen MR) is 135 cm³/mol. The molecule has 1 amide bonds. The zero-order valence-electron chi connectivity index (χ0n) is 19.8. The fourth-order valence-electron chi connectivity index (χ4n) is 4.09. The Kier molecular flexibility index (Phi) is 6.99. The molecule has 0 bridgehead atoms. The molecule has 4 rings (SSSR count). The van der Waals surface area contributed by atoms with E-state index < -0.39 is 35.1 Å². The lowest BCUT2D eigenvalue weighted by molar-refractivity contribution is -0.132. The monoisotopic (exact) mass is 512 g/mol. The third-order valence-corrected chi connectivity index (χ3v) is 6.18. The van der Waals surface area contributed by atoms with Crippen LogP contribution >= 0.6 is 11.6 Å². The van der Waals surface area contributed by atoms with Crippen LogP contribution in [0.2, 0.25) is 5.02 Å². The Morgan fingerprint density at radius 2 is 1.72 bits per heavy atom. The molecule has 1 N–H and O–H groups in total. The molecule has 0 saturated carbocycles. The first-order valence-corrected chi connectivity index (χ1v) is 11.5. The van der Waals surface area contributed by atoms with Crippen LogP contribution in [0, 0.1) is 11.6 Å². The van der Waals surface area contributed by atoms with Gasteiger partial charge in [-0.1, -0.05) is 23.7 Å². The lowest BCUT2D eigenvalue weighted by Gasteiger charge is -2.26. The lowest BCUT2D eigenvalue weighted by atomic mass is 9.94. The van der Waals surface area contributed by atoms with Crippen molar-refractivity contribution < 1.29 is 28.2 Å². The average Bonchev–Trinajstić information content (AvgIpc) is 3.12. The van der Waals surface area contributed by atoms with Crippen LogP contribution < -0.4 is 14.5 Å². The second kappa shape index (κ2) is 9.99. The van der Waals surface area contributed by atoms with Crippen LogP contribution in [0.3, 0.4) is 0 Å². The maximum atomic E-state index is 14.1. The normalized spacial score (nSPS) is 16.9. The maximum Gasteiger partial charge on any atom is 0.300 e. The van der Waals surface area contributed by atoms with Crippen LogP contribution in [-0.4, -0.2) is 37.5 Å². The molecule has 9 heteroatoms. The second-order valence-electron chi connectivity index (χ2n) is 8.33. The summed E-state index contributed by atoms with van der Waals surface area (Å²) in [6.07, 6.45) is 0. The summed E-state index contributed by atoms with van der Waals surface area (Å²) in [5.74, 6) is -4.36. The standard InChI is InChI=1S/C27H23ClF2N2O4/c1-4-36-18-10-11-20(28)19(14-18)25(33)23-24(15-5-7-16(8-6-15)31(2)3)32(27(35)26(23)34)17-9-12-21(29)22(30)13-17/h5-14,24,33H,4H2,1-3H3/b25-23+. The van der Waals surface area contributed by atoms with Crippen molar-refractivity contribution in [2.75, 3.05) is 30.5 Å². The third-order valence-electron chi connectivity index (χ3n) is 5.85. The summed E-state index contributed by atoms with van der Waals surface area (Å²) in [6, 6.07) is 13.3. The van der Waals surface area contributed by atoms with Gasteiger partial charge >= 0.3 is 0 Å². The highest BCUT2D eigenvalue weighted by atomic mass is 35.5. The first-order chi connectivity index (χ1) is 17.1. The van der Waals surface area contributed by atoms with Crippen LogP contribution in [0.15, 0.2) is 66.2 Å². The number of Topliss-reactive ketones (excluding diaryl/α,β-unsaturated/α-hetero) is 1. The van der Waals surface area contributed by atoms with Crippen LogP contribution in [0.25, 0.3) is 5.76 Å². The molecule has 1 fully saturated rings. The zero-order valence-corrected chi connectivity index (χ0v) is 20.5. The van der Waals surface area contributed by atoms with Crippen LogP contribution in [0.1, 0.15) is 24.1 Å². The number of carbonyl (C=O) groups excluding carboxylic acids is 2. The molecule has 1 saturated heterocycles. The summed E-state index contributed by atoms with van der Waals surface area (Å²) < 4.78 is 33.3. The van der Waals surface area contributed by atoms with E-state index in [1.165, 1.54) is 18.2 Å². The zero-order chi connectivity index (χ0) is 26.1. The largest absolute Gasteiger partial charge is 0.507 e. The van der Waals surface area contributed by atoms with E-state index in [4.69, 9.17) is 16.3 Å². The summed E-state index contributed by atoms with van der Waals surface area (Å²) in [4.78, 5) is 29.4. The molecule has 1 unspecified atom stereocenters. The molecular weight excluding hydrogens is 490 g/mol. The van der Waals surface area contributed by atoms with Gasteiger partial charge in [0.15, 0.2) is 11.6 Å². The number of hydrogen-bond acceptors (Lipinski definition) is 5. The SMILES string of the molecule is CCOc1ccc(Cl)c(/C(O)=C2\C(=O)C(=O)N(c3ccc(F)c(F)c3)C2c2ccc(N(C)C)cc2)c1. The predicted octanol–water partition coefficient (Wildman–Crippen LogP) is 5.71. The second-order valence-corrected chi connectivity index (χ2v) is 8.74. The maximum absolute atomic E-state index is 14.1. The Morgan fingerprint density at radius 1 is 1.03 bits per heavy atom. The molecule has 0 aliphatic carbocycles. The summed E-state index contributed by atoms with van der Waals surface area (Å²) in [6.45, 7) is 2.15. The van der Waals surface area contributed by atoms with Crippen molar-refractivity contribution in [3.05, 3.63) is 94.0 Å². The molecule has 1 atom stereocenters. The van der Waals surface area contributed by atoms with Gasteiger partial charge in [-0.15, -0.1) is 0 Å². The van der Waals surface area contributed by atoms with E-state index in [1.807, 2.05) is 19.0 Å². The minimum Gasteiger partial charge on any atom is -0.507 e. The Bertz CT molecular complexity index is 1370. The number of aliphatic hydroxyl groups is 1. The van der Waals surface area contributed by atoms with Crippen molar-refractivity contribution in [2.45, 2.75) is 13.0 Å². The Labute approximate surface area is 212 Å². The number of aliphatic hydroxyl groups excluding tert-OH is 1. The van der Waals surface area contributed by atoms with Gasteiger partial charge in [-0.2, -0.15) is 0 Å². The fourth-order valence-corrected chi connectivity index (χ4v) is 4.30. The third kappa shape index (κ3) is 4.52. The molecule has 3 aromatic carbocycles. The van der Waals surface area contributed by atoms with Crippen LogP contribution in [0.4, 0.5) is 20.2 Å². The van der Waals surface area contributed by atoms with E-state index in [0.717, 1.165) is 22.7 Å². The van der Waals surface area contributed by atoms with Crippen LogP contribution in [0.5, 0.6) is 5.75 Å². The van der Waals surface area contributed by atoms with Gasteiger partial charge in [0.05, 0.1) is 23.2 Å². The van der Waals surface area contributed by atoms with Gasteiger partial charge in [-0.05, 0) is 55.0 Å². The molecule has 0 radical (unpaired) electrons. The number of benzene rings is 3. The number of halogens is 3. The summed E-state index contributed by atoms with van der Waals surface area (Å²) in [5.41, 5.74) is 1.16. The fraction of sp³-hybridized carbons (Fsp3) is 0.185. The first kappa shape index (κ1) is 25.2. The number of amides is 1. The summed E-state index contributed by atoms with van der Waals surface area (Å²) >= 11 is 6.34. The number of carbonyl (C=O) groups is 2. The average molecular weight is 513 g/mol.